The van der Waals surface area contributed by atoms with E-state index in [0.717, 1.165) is 12.8 Å². The molecule has 1 atom stereocenters. The predicted molar refractivity (Wildman–Crippen MR) is 66.5 cm³/mol. The van der Waals surface area contributed by atoms with Crippen molar-refractivity contribution >= 4 is 17.9 Å². The largest absolute Gasteiger partial charge is 0.481 e. The third-order valence-electron chi connectivity index (χ3n) is 3.30. The van der Waals surface area contributed by atoms with Gasteiger partial charge in [-0.05, 0) is 12.8 Å². The zero-order chi connectivity index (χ0) is 13.8. The minimum atomic E-state index is -1.10. The van der Waals surface area contributed by atoms with Crippen LogP contribution < -0.4 is 10.6 Å². The fourth-order valence-corrected chi connectivity index (χ4v) is 2.32. The summed E-state index contributed by atoms with van der Waals surface area (Å²) in [5.74, 6) is -1.50. The highest BCUT2D eigenvalue weighted by Gasteiger charge is 2.35. The maximum Gasteiger partial charge on any atom is 0.318 e. The number of urea groups is 1. The Morgan fingerprint density at radius 1 is 1.42 bits per heavy atom. The van der Waals surface area contributed by atoms with E-state index in [1.807, 2.05) is 12.2 Å². The number of amides is 3. The van der Waals surface area contributed by atoms with Crippen molar-refractivity contribution in [2.45, 2.75) is 31.3 Å². The summed E-state index contributed by atoms with van der Waals surface area (Å²) in [6.45, 7) is 0.682. The van der Waals surface area contributed by atoms with Gasteiger partial charge < -0.3 is 20.6 Å². The van der Waals surface area contributed by atoms with Crippen LogP contribution in [0.2, 0.25) is 0 Å². The first-order chi connectivity index (χ1) is 9.08. The van der Waals surface area contributed by atoms with Crippen LogP contribution in [0.3, 0.4) is 0 Å². The van der Waals surface area contributed by atoms with E-state index in [4.69, 9.17) is 5.11 Å². The summed E-state index contributed by atoms with van der Waals surface area (Å²) in [6.07, 6.45) is 5.15. The number of nitrogens with zero attached hydrogens (tertiary/aromatic N) is 1. The average molecular weight is 267 g/mol. The average Bonchev–Trinajstić information content (AvgIpc) is 2.84. The first kappa shape index (κ1) is 13.4. The van der Waals surface area contributed by atoms with E-state index in [1.165, 1.54) is 4.90 Å². The van der Waals surface area contributed by atoms with E-state index >= 15 is 0 Å². The third-order valence-corrected chi connectivity index (χ3v) is 3.30. The second-order valence-electron chi connectivity index (χ2n) is 4.69. The molecule has 3 amide bonds. The van der Waals surface area contributed by atoms with Gasteiger partial charge in [0.25, 0.3) is 0 Å². The molecule has 7 nitrogen and oxygen atoms in total. The van der Waals surface area contributed by atoms with Crippen molar-refractivity contribution < 1.29 is 19.5 Å². The van der Waals surface area contributed by atoms with E-state index in [9.17, 15) is 14.4 Å². The van der Waals surface area contributed by atoms with Crippen LogP contribution in [0, 0.1) is 0 Å². The Labute approximate surface area is 110 Å². The maximum atomic E-state index is 12.1. The van der Waals surface area contributed by atoms with E-state index < -0.39 is 17.9 Å². The molecule has 1 aliphatic carbocycles. The molecule has 0 aromatic carbocycles. The maximum absolute atomic E-state index is 12.1. The van der Waals surface area contributed by atoms with Crippen LogP contribution in [0.15, 0.2) is 12.2 Å². The molecule has 104 valence electrons. The van der Waals surface area contributed by atoms with Crippen molar-refractivity contribution in [3.63, 3.8) is 0 Å². The lowest BCUT2D eigenvalue weighted by molar-refractivity contribution is -0.142. The van der Waals surface area contributed by atoms with E-state index in [2.05, 4.69) is 10.6 Å². The van der Waals surface area contributed by atoms with Crippen molar-refractivity contribution in [3.05, 3.63) is 12.2 Å². The molecule has 19 heavy (non-hydrogen) atoms. The first-order valence-corrected chi connectivity index (χ1v) is 6.29. The zero-order valence-electron chi connectivity index (χ0n) is 10.5. The second-order valence-corrected chi connectivity index (χ2v) is 4.69. The third kappa shape index (κ3) is 3.24. The number of hydrogen-bond donors (Lipinski definition) is 3. The summed E-state index contributed by atoms with van der Waals surface area (Å²) in [6, 6.07) is -1.25. The van der Waals surface area contributed by atoms with Crippen molar-refractivity contribution in [2.75, 3.05) is 13.1 Å². The quantitative estimate of drug-likeness (QED) is 0.611. The van der Waals surface area contributed by atoms with Crippen LogP contribution in [0.1, 0.15) is 19.3 Å². The van der Waals surface area contributed by atoms with Gasteiger partial charge in [0, 0.05) is 19.1 Å². The Hall–Kier alpha value is -2.05. The molecule has 0 aromatic rings. The minimum absolute atomic E-state index is 0.0444. The standard InChI is InChI=1S/C12H17N3O4/c16-10(17)7-9-11(18)13-5-6-15(9)12(19)14-8-3-1-2-4-8/h1-2,8-9H,3-7H2,(H,13,18)(H,14,19)(H,16,17). The molecular weight excluding hydrogens is 250 g/mol. The molecule has 1 heterocycles. The first-order valence-electron chi connectivity index (χ1n) is 6.29. The molecular formula is C12H17N3O4. The fraction of sp³-hybridized carbons (Fsp3) is 0.583. The van der Waals surface area contributed by atoms with Crippen molar-refractivity contribution in [3.8, 4) is 0 Å². The molecule has 2 aliphatic rings. The van der Waals surface area contributed by atoms with Gasteiger partial charge in [-0.15, -0.1) is 0 Å². The van der Waals surface area contributed by atoms with Gasteiger partial charge in [0.1, 0.15) is 6.04 Å². The van der Waals surface area contributed by atoms with Gasteiger partial charge in [-0.2, -0.15) is 0 Å². The number of rotatable bonds is 3. The van der Waals surface area contributed by atoms with Gasteiger partial charge in [0.05, 0.1) is 6.42 Å². The van der Waals surface area contributed by atoms with Gasteiger partial charge in [-0.25, -0.2) is 4.79 Å². The summed E-state index contributed by atoms with van der Waals surface area (Å²) < 4.78 is 0. The van der Waals surface area contributed by atoms with E-state index in [1.54, 1.807) is 0 Å². The highest BCUT2D eigenvalue weighted by molar-refractivity contribution is 5.91. The number of carbonyl (C=O) groups excluding carboxylic acids is 2. The molecule has 3 N–H and O–H groups in total. The van der Waals surface area contributed by atoms with Crippen LogP contribution >= 0.6 is 0 Å². The Balaban J connectivity index is 1.99. The number of hydrogen-bond acceptors (Lipinski definition) is 3. The molecule has 2 rings (SSSR count). The van der Waals surface area contributed by atoms with E-state index in [0.29, 0.717) is 13.1 Å². The Kier molecular flexibility index (Phi) is 4.03. The minimum Gasteiger partial charge on any atom is -0.481 e. The van der Waals surface area contributed by atoms with Gasteiger partial charge in [0.2, 0.25) is 5.91 Å². The molecule has 0 saturated carbocycles. The van der Waals surface area contributed by atoms with Crippen LogP contribution in [0.5, 0.6) is 0 Å². The van der Waals surface area contributed by atoms with Gasteiger partial charge >= 0.3 is 12.0 Å². The van der Waals surface area contributed by atoms with Crippen LogP contribution in [0.25, 0.3) is 0 Å². The molecule has 0 radical (unpaired) electrons. The summed E-state index contributed by atoms with van der Waals surface area (Å²) in [7, 11) is 0. The summed E-state index contributed by atoms with van der Waals surface area (Å²) in [5.41, 5.74) is 0. The Morgan fingerprint density at radius 3 is 2.74 bits per heavy atom. The summed E-state index contributed by atoms with van der Waals surface area (Å²) in [5, 5.41) is 14.2. The smallest absolute Gasteiger partial charge is 0.318 e. The van der Waals surface area contributed by atoms with Crippen LogP contribution in [-0.2, 0) is 9.59 Å². The highest BCUT2D eigenvalue weighted by Crippen LogP contribution is 2.13. The number of carboxylic acid groups (broad SMARTS) is 1. The fourth-order valence-electron chi connectivity index (χ4n) is 2.32. The van der Waals surface area contributed by atoms with Crippen LogP contribution in [0.4, 0.5) is 4.79 Å². The molecule has 7 heteroatoms. The van der Waals surface area contributed by atoms with Gasteiger partial charge in [-0.1, -0.05) is 12.2 Å². The predicted octanol–water partition coefficient (Wildman–Crippen LogP) is -0.310. The molecule has 1 unspecified atom stereocenters. The highest BCUT2D eigenvalue weighted by atomic mass is 16.4. The zero-order valence-corrected chi connectivity index (χ0v) is 10.5. The number of nitrogens with one attached hydrogen (secondary N) is 2. The molecule has 0 spiro atoms. The number of carbonyl (C=O) groups is 3. The Morgan fingerprint density at radius 2 is 2.11 bits per heavy atom. The molecule has 1 saturated heterocycles. The number of aliphatic carboxylic acids is 1. The lowest BCUT2D eigenvalue weighted by atomic mass is 10.1. The molecule has 0 bridgehead atoms. The SMILES string of the molecule is O=C(O)CC1C(=O)NCCN1C(=O)NC1CC=CC1. The van der Waals surface area contributed by atoms with Crippen molar-refractivity contribution in [1.82, 2.24) is 15.5 Å². The van der Waals surface area contributed by atoms with Crippen molar-refractivity contribution in [2.24, 2.45) is 0 Å². The van der Waals surface area contributed by atoms with Crippen molar-refractivity contribution in [1.29, 1.82) is 0 Å². The second kappa shape index (κ2) is 5.73. The summed E-state index contributed by atoms with van der Waals surface area (Å²) >= 11 is 0. The number of piperazine rings is 1. The Bertz CT molecular complexity index is 413. The normalized spacial score (nSPS) is 23.3. The van der Waals surface area contributed by atoms with E-state index in [-0.39, 0.29) is 18.5 Å². The molecule has 1 aliphatic heterocycles. The summed E-state index contributed by atoms with van der Waals surface area (Å²) in [4.78, 5) is 35.9. The monoisotopic (exact) mass is 267 g/mol. The molecule has 1 fully saturated rings. The van der Waals surface area contributed by atoms with Gasteiger partial charge in [-0.3, -0.25) is 9.59 Å². The lowest BCUT2D eigenvalue weighted by Gasteiger charge is -2.35. The van der Waals surface area contributed by atoms with Crippen LogP contribution in [-0.4, -0.2) is 53.1 Å². The molecule has 0 aromatic heterocycles. The van der Waals surface area contributed by atoms with Gasteiger partial charge in [0.15, 0.2) is 0 Å². The number of carboxylic acids is 1. The topological polar surface area (TPSA) is 98.7 Å². The lowest BCUT2D eigenvalue weighted by Crippen LogP contribution is -2.60.